The van der Waals surface area contributed by atoms with Crippen LogP contribution in [0.1, 0.15) is 49.7 Å². The van der Waals surface area contributed by atoms with Gasteiger partial charge in [-0.25, -0.2) is 0 Å². The van der Waals surface area contributed by atoms with Crippen molar-refractivity contribution in [3.8, 4) is 11.5 Å². The number of likely N-dealkylation sites (tertiary alicyclic amines) is 1. The molecule has 5 atom stereocenters. The number of rotatable bonds is 2. The van der Waals surface area contributed by atoms with Crippen LogP contribution in [0.25, 0.3) is 0 Å². The first-order valence-corrected chi connectivity index (χ1v) is 10.1. The minimum absolute atomic E-state index is 0.0331. The van der Waals surface area contributed by atoms with Crippen LogP contribution < -0.4 is 4.74 Å². The molecule has 2 heterocycles. The van der Waals surface area contributed by atoms with Crippen molar-refractivity contribution < 1.29 is 19.4 Å². The van der Waals surface area contributed by atoms with E-state index >= 15 is 0 Å². The minimum Gasteiger partial charge on any atom is -0.504 e. The van der Waals surface area contributed by atoms with E-state index in [1.807, 2.05) is 0 Å². The van der Waals surface area contributed by atoms with Gasteiger partial charge in [-0.05, 0) is 43.7 Å². The van der Waals surface area contributed by atoms with Crippen molar-refractivity contribution in [2.75, 3.05) is 20.1 Å². The minimum atomic E-state index is -0.691. The number of aliphatic hydroxyl groups is 1. The second-order valence-corrected chi connectivity index (χ2v) is 9.64. The smallest absolute Gasteiger partial charge is 0.165 e. The molecular weight excluding hydrogens is 314 g/mol. The third kappa shape index (κ3) is 1.58. The summed E-state index contributed by atoms with van der Waals surface area (Å²) in [5, 5.41) is 22.6. The fourth-order valence-electron chi connectivity index (χ4n) is 7.15. The molecule has 2 saturated carbocycles. The molecule has 3 fully saturated rings. The first-order valence-electron chi connectivity index (χ1n) is 10.1. The third-order valence-electron chi connectivity index (χ3n) is 8.38. The molecule has 2 aliphatic heterocycles. The van der Waals surface area contributed by atoms with E-state index < -0.39 is 5.60 Å². The summed E-state index contributed by atoms with van der Waals surface area (Å²) < 4.78 is 7.34. The van der Waals surface area contributed by atoms with Crippen LogP contribution in [-0.4, -0.2) is 52.6 Å². The molecule has 6 rings (SSSR count). The van der Waals surface area contributed by atoms with Gasteiger partial charge in [-0.15, -0.1) is 0 Å². The number of piperidine rings is 1. The van der Waals surface area contributed by atoms with E-state index in [4.69, 9.17) is 4.74 Å². The number of aromatic hydroxyl groups is 1. The molecule has 0 amide bonds. The van der Waals surface area contributed by atoms with Crippen molar-refractivity contribution in [1.29, 1.82) is 0 Å². The Labute approximate surface area is 149 Å². The Balaban J connectivity index is 1.58. The van der Waals surface area contributed by atoms with Gasteiger partial charge in [0.15, 0.2) is 11.5 Å². The quantitative estimate of drug-likeness (QED) is 0.812. The molecule has 3 unspecified atom stereocenters. The van der Waals surface area contributed by atoms with E-state index in [0.717, 1.165) is 54.6 Å². The van der Waals surface area contributed by atoms with Crippen LogP contribution >= 0.6 is 0 Å². The predicted octanol–water partition coefficient (Wildman–Crippen LogP) is 2.49. The van der Waals surface area contributed by atoms with Crippen molar-refractivity contribution in [2.24, 2.45) is 5.92 Å². The van der Waals surface area contributed by atoms with Crippen LogP contribution in [0.5, 0.6) is 11.5 Å². The van der Waals surface area contributed by atoms with Gasteiger partial charge in [0.2, 0.25) is 0 Å². The summed E-state index contributed by atoms with van der Waals surface area (Å²) in [5.74, 6) is 1.79. The highest BCUT2D eigenvalue weighted by molar-refractivity contribution is 5.61. The van der Waals surface area contributed by atoms with E-state index in [2.05, 4.69) is 13.1 Å². The second kappa shape index (κ2) is 4.34. The summed E-state index contributed by atoms with van der Waals surface area (Å²) in [6.07, 6.45) is 7.56. The van der Waals surface area contributed by atoms with Crippen molar-refractivity contribution in [3.05, 3.63) is 23.3 Å². The van der Waals surface area contributed by atoms with Gasteiger partial charge < -0.3 is 19.4 Å². The van der Waals surface area contributed by atoms with E-state index in [-0.39, 0.29) is 23.3 Å². The monoisotopic (exact) mass is 342 g/mol. The highest BCUT2D eigenvalue weighted by Crippen LogP contribution is 2.66. The van der Waals surface area contributed by atoms with Crippen LogP contribution in [0.2, 0.25) is 0 Å². The Morgan fingerprint density at radius 3 is 2.88 bits per heavy atom. The highest BCUT2D eigenvalue weighted by atomic mass is 16.5. The molecule has 4 nitrogen and oxygen atoms in total. The molecule has 134 valence electrons. The fourth-order valence-corrected chi connectivity index (χ4v) is 7.15. The number of nitrogens with zero attached hydrogens (tertiary/aromatic N) is 1. The Bertz CT molecular complexity index is 775. The van der Waals surface area contributed by atoms with E-state index in [0.29, 0.717) is 5.75 Å². The molecule has 1 aromatic carbocycles. The lowest BCUT2D eigenvalue weighted by molar-refractivity contribution is -0.950. The summed E-state index contributed by atoms with van der Waals surface area (Å²) >= 11 is 0. The lowest BCUT2D eigenvalue weighted by Gasteiger charge is -2.64. The zero-order valence-corrected chi connectivity index (χ0v) is 15.0. The SMILES string of the molecule is C[N+]1(CC2CC2)CC[C@]23c4c5ccc(O)c4OC2CCC[C@@]3(O)C1C5. The maximum atomic E-state index is 12.2. The summed E-state index contributed by atoms with van der Waals surface area (Å²) in [4.78, 5) is 0. The van der Waals surface area contributed by atoms with Crippen LogP contribution in [-0.2, 0) is 11.8 Å². The fraction of sp³-hybridized carbons (Fsp3) is 0.714. The molecule has 1 saturated heterocycles. The van der Waals surface area contributed by atoms with Gasteiger partial charge in [0.25, 0.3) is 0 Å². The number of hydrogen-bond donors (Lipinski definition) is 2. The molecule has 2 bridgehead atoms. The van der Waals surface area contributed by atoms with Gasteiger partial charge in [0.1, 0.15) is 17.7 Å². The lowest BCUT2D eigenvalue weighted by Crippen LogP contribution is -2.79. The van der Waals surface area contributed by atoms with E-state index in [1.54, 1.807) is 6.07 Å². The molecule has 5 aliphatic rings. The summed E-state index contributed by atoms with van der Waals surface area (Å²) in [5.41, 5.74) is 1.49. The zero-order valence-electron chi connectivity index (χ0n) is 15.0. The lowest BCUT2D eigenvalue weighted by atomic mass is 9.48. The highest BCUT2D eigenvalue weighted by Gasteiger charge is 2.74. The van der Waals surface area contributed by atoms with Crippen LogP contribution in [0.4, 0.5) is 0 Å². The van der Waals surface area contributed by atoms with Crippen molar-refractivity contribution >= 4 is 0 Å². The number of phenolic OH excluding ortho intramolecular Hbond substituents is 1. The molecule has 1 spiro atoms. The maximum absolute atomic E-state index is 12.2. The third-order valence-corrected chi connectivity index (χ3v) is 8.38. The number of benzene rings is 1. The molecule has 4 heteroatoms. The standard InChI is InChI=1S/C21H27NO3/c1-22(12-13-4-5-13)10-9-20-17-3-2-8-21(20,24)16(22)11-14-6-7-15(23)19(25-17)18(14)20/h6-7,13,16-17,24H,2-5,8-12H2,1H3/p+1/t16?,17?,20-,21-,22?/m1/s1. The van der Waals surface area contributed by atoms with E-state index in [9.17, 15) is 10.2 Å². The molecule has 3 aliphatic carbocycles. The average molecular weight is 342 g/mol. The first kappa shape index (κ1) is 14.9. The van der Waals surface area contributed by atoms with Crippen LogP contribution in [0.3, 0.4) is 0 Å². The second-order valence-electron chi connectivity index (χ2n) is 9.64. The Kier molecular flexibility index (Phi) is 2.58. The van der Waals surface area contributed by atoms with E-state index in [1.165, 1.54) is 24.9 Å². The van der Waals surface area contributed by atoms with Gasteiger partial charge in [0.05, 0.1) is 25.6 Å². The van der Waals surface area contributed by atoms with Crippen molar-refractivity contribution in [2.45, 2.75) is 68.1 Å². The van der Waals surface area contributed by atoms with Crippen LogP contribution in [0.15, 0.2) is 12.1 Å². The Hall–Kier alpha value is -1.26. The largest absolute Gasteiger partial charge is 0.504 e. The summed E-state index contributed by atoms with van der Waals surface area (Å²) in [6, 6.07) is 4.15. The number of phenols is 1. The molecule has 0 aromatic heterocycles. The summed E-state index contributed by atoms with van der Waals surface area (Å²) in [7, 11) is 2.39. The van der Waals surface area contributed by atoms with Crippen molar-refractivity contribution in [3.63, 3.8) is 0 Å². The van der Waals surface area contributed by atoms with Crippen molar-refractivity contribution in [1.82, 2.24) is 0 Å². The molecule has 25 heavy (non-hydrogen) atoms. The number of likely N-dealkylation sites (N-methyl/N-ethyl adjacent to an activating group) is 1. The van der Waals surface area contributed by atoms with Gasteiger partial charge in [0, 0.05) is 24.3 Å². The van der Waals surface area contributed by atoms with Gasteiger partial charge in [-0.2, -0.15) is 0 Å². The van der Waals surface area contributed by atoms with Gasteiger partial charge >= 0.3 is 0 Å². The number of quaternary nitrogens is 1. The van der Waals surface area contributed by atoms with Gasteiger partial charge in [-0.3, -0.25) is 0 Å². The molecular formula is C21H28NO3+. The number of hydrogen-bond acceptors (Lipinski definition) is 3. The van der Waals surface area contributed by atoms with Crippen LogP contribution in [0, 0.1) is 5.92 Å². The Morgan fingerprint density at radius 2 is 2.08 bits per heavy atom. The predicted molar refractivity (Wildman–Crippen MR) is 93.8 cm³/mol. The summed E-state index contributed by atoms with van der Waals surface area (Å²) in [6.45, 7) is 2.34. The zero-order chi connectivity index (χ0) is 17.0. The topological polar surface area (TPSA) is 49.7 Å². The average Bonchev–Trinajstić information content (AvgIpc) is 3.30. The first-order chi connectivity index (χ1) is 12.0. The molecule has 0 radical (unpaired) electrons. The number of ether oxygens (including phenoxy) is 1. The normalized spacial score (nSPS) is 46.5. The molecule has 1 aromatic rings. The molecule has 2 N–H and O–H groups in total. The maximum Gasteiger partial charge on any atom is 0.165 e. The Morgan fingerprint density at radius 1 is 1.24 bits per heavy atom. The van der Waals surface area contributed by atoms with Gasteiger partial charge in [-0.1, -0.05) is 6.07 Å².